The molecule has 0 unspecified atom stereocenters. The predicted molar refractivity (Wildman–Crippen MR) is 83.2 cm³/mol. The zero-order valence-corrected chi connectivity index (χ0v) is 12.8. The van der Waals surface area contributed by atoms with Gasteiger partial charge in [-0.15, -0.1) is 0 Å². The van der Waals surface area contributed by atoms with Crippen LogP contribution in [-0.2, 0) is 24.2 Å². The minimum Gasteiger partial charge on any atom is -0.338 e. The van der Waals surface area contributed by atoms with E-state index in [1.165, 1.54) is 25.0 Å². The molecule has 1 amide bonds. The van der Waals surface area contributed by atoms with Crippen LogP contribution >= 0.6 is 0 Å². The largest absolute Gasteiger partial charge is 0.338 e. The van der Waals surface area contributed by atoms with Gasteiger partial charge in [0.1, 0.15) is 11.6 Å². The van der Waals surface area contributed by atoms with Gasteiger partial charge in [-0.1, -0.05) is 12.1 Å². The van der Waals surface area contributed by atoms with Gasteiger partial charge in [0, 0.05) is 37.2 Å². The molecule has 0 spiro atoms. The topological polar surface area (TPSA) is 46.1 Å². The molecule has 1 aliphatic heterocycles. The van der Waals surface area contributed by atoms with Gasteiger partial charge in [0.25, 0.3) is 0 Å². The smallest absolute Gasteiger partial charge is 0.227 e. The number of nitrogens with zero attached hydrogens (tertiary/aromatic N) is 3. The van der Waals surface area contributed by atoms with Crippen LogP contribution in [0.4, 0.5) is 4.39 Å². The number of halogens is 1. The third-order valence-electron chi connectivity index (χ3n) is 4.52. The van der Waals surface area contributed by atoms with Crippen molar-refractivity contribution in [1.82, 2.24) is 14.9 Å². The van der Waals surface area contributed by atoms with E-state index >= 15 is 0 Å². The minimum absolute atomic E-state index is 0.0635. The first-order valence-corrected chi connectivity index (χ1v) is 8.06. The third-order valence-corrected chi connectivity index (χ3v) is 4.52. The Morgan fingerprint density at radius 2 is 2.04 bits per heavy atom. The first kappa shape index (κ1) is 14.3. The molecule has 4 rings (SSSR count). The van der Waals surface area contributed by atoms with Crippen LogP contribution in [0, 0.1) is 5.82 Å². The van der Waals surface area contributed by atoms with Crippen LogP contribution in [0.5, 0.6) is 0 Å². The van der Waals surface area contributed by atoms with Crippen molar-refractivity contribution in [2.24, 2.45) is 0 Å². The molecule has 0 radical (unpaired) electrons. The molecular formula is C18H18FN3O. The molecule has 4 nitrogen and oxygen atoms in total. The summed E-state index contributed by atoms with van der Waals surface area (Å²) in [5, 5.41) is 0. The minimum atomic E-state index is -0.281. The van der Waals surface area contributed by atoms with Gasteiger partial charge >= 0.3 is 0 Å². The molecule has 2 heterocycles. The highest BCUT2D eigenvalue weighted by Gasteiger charge is 2.28. The van der Waals surface area contributed by atoms with Crippen molar-refractivity contribution in [3.8, 4) is 0 Å². The quantitative estimate of drug-likeness (QED) is 0.875. The lowest BCUT2D eigenvalue weighted by molar-refractivity contribution is -0.131. The number of hydrogen-bond donors (Lipinski definition) is 0. The summed E-state index contributed by atoms with van der Waals surface area (Å²) in [5.74, 6) is 1.30. The Hall–Kier alpha value is -2.30. The fourth-order valence-corrected chi connectivity index (χ4v) is 2.97. The highest BCUT2D eigenvalue weighted by molar-refractivity contribution is 5.79. The van der Waals surface area contributed by atoms with E-state index in [0.717, 1.165) is 29.1 Å². The van der Waals surface area contributed by atoms with Crippen LogP contribution in [0.25, 0.3) is 0 Å². The molecule has 2 aromatic rings. The van der Waals surface area contributed by atoms with Crippen molar-refractivity contribution in [3.63, 3.8) is 0 Å². The van der Waals surface area contributed by atoms with Crippen LogP contribution in [-0.4, -0.2) is 27.3 Å². The number of carbonyl (C=O) groups excluding carboxylic acids is 1. The summed E-state index contributed by atoms with van der Waals surface area (Å²) >= 11 is 0. The summed E-state index contributed by atoms with van der Waals surface area (Å²) in [7, 11) is 0. The van der Waals surface area contributed by atoms with Gasteiger partial charge in [-0.3, -0.25) is 4.79 Å². The fourth-order valence-electron chi connectivity index (χ4n) is 2.97. The van der Waals surface area contributed by atoms with Gasteiger partial charge in [-0.2, -0.15) is 0 Å². The number of hydrogen-bond acceptors (Lipinski definition) is 3. The maximum atomic E-state index is 12.9. The van der Waals surface area contributed by atoms with Crippen molar-refractivity contribution in [1.29, 1.82) is 0 Å². The van der Waals surface area contributed by atoms with E-state index in [9.17, 15) is 9.18 Å². The molecule has 23 heavy (non-hydrogen) atoms. The molecule has 1 fully saturated rings. The van der Waals surface area contributed by atoms with E-state index in [-0.39, 0.29) is 11.7 Å². The highest BCUT2D eigenvalue weighted by atomic mass is 19.1. The molecule has 0 atom stereocenters. The Morgan fingerprint density at radius 1 is 1.26 bits per heavy atom. The highest BCUT2D eigenvalue weighted by Crippen LogP contribution is 2.38. The summed E-state index contributed by atoms with van der Waals surface area (Å²) < 4.78 is 12.9. The summed E-state index contributed by atoms with van der Waals surface area (Å²) in [5.41, 5.74) is 2.98. The lowest BCUT2D eigenvalue weighted by Crippen LogP contribution is -2.37. The molecule has 118 valence electrons. The molecule has 0 saturated heterocycles. The van der Waals surface area contributed by atoms with E-state index < -0.39 is 0 Å². The van der Waals surface area contributed by atoms with E-state index in [1.807, 2.05) is 11.1 Å². The standard InChI is InChI=1S/C18H18FN3O/c19-15-5-1-12(2-6-15)9-17(23)22-8-7-16-14(11-22)10-20-18(21-16)13-3-4-13/h1-2,5-6,10,13H,3-4,7-9,11H2. The van der Waals surface area contributed by atoms with Crippen LogP contribution in [0.15, 0.2) is 30.5 Å². The predicted octanol–water partition coefficient (Wildman–Crippen LogP) is 2.62. The van der Waals surface area contributed by atoms with Gasteiger partial charge in [0.05, 0.1) is 12.1 Å². The second kappa shape index (κ2) is 5.72. The molecule has 1 aliphatic carbocycles. The maximum Gasteiger partial charge on any atom is 0.227 e. The van der Waals surface area contributed by atoms with Crippen LogP contribution in [0.2, 0.25) is 0 Å². The average molecular weight is 311 g/mol. The third kappa shape index (κ3) is 3.09. The maximum absolute atomic E-state index is 12.9. The van der Waals surface area contributed by atoms with Crippen molar-refractivity contribution >= 4 is 5.91 Å². The number of fused-ring (bicyclic) bond motifs is 1. The second-order valence-electron chi connectivity index (χ2n) is 6.34. The molecular weight excluding hydrogens is 293 g/mol. The monoisotopic (exact) mass is 311 g/mol. The van der Waals surface area contributed by atoms with Gasteiger partial charge in [0.2, 0.25) is 5.91 Å². The molecule has 1 aromatic carbocycles. The number of rotatable bonds is 3. The van der Waals surface area contributed by atoms with Crippen molar-refractivity contribution in [3.05, 3.63) is 58.9 Å². The Bertz CT molecular complexity index is 740. The van der Waals surface area contributed by atoms with Crippen molar-refractivity contribution in [2.75, 3.05) is 6.54 Å². The lowest BCUT2D eigenvalue weighted by atomic mass is 10.1. The zero-order chi connectivity index (χ0) is 15.8. The van der Waals surface area contributed by atoms with Crippen LogP contribution < -0.4 is 0 Å². The Kier molecular flexibility index (Phi) is 3.56. The summed E-state index contributed by atoms with van der Waals surface area (Å²) in [6.45, 7) is 1.26. The van der Waals surface area contributed by atoms with E-state index in [4.69, 9.17) is 0 Å². The normalized spacial score (nSPS) is 17.0. The van der Waals surface area contributed by atoms with Crippen molar-refractivity contribution in [2.45, 2.75) is 38.1 Å². The van der Waals surface area contributed by atoms with E-state index in [0.29, 0.717) is 25.4 Å². The Morgan fingerprint density at radius 3 is 2.78 bits per heavy atom. The Balaban J connectivity index is 1.44. The lowest BCUT2D eigenvalue weighted by Gasteiger charge is -2.28. The number of carbonyl (C=O) groups is 1. The SMILES string of the molecule is O=C(Cc1ccc(F)cc1)N1CCc2nc(C3CC3)ncc2C1. The average Bonchev–Trinajstić information content (AvgIpc) is 3.41. The molecule has 1 aromatic heterocycles. The summed E-state index contributed by atoms with van der Waals surface area (Å²) in [6.07, 6.45) is 5.36. The first-order valence-electron chi connectivity index (χ1n) is 8.06. The second-order valence-corrected chi connectivity index (χ2v) is 6.34. The molecule has 1 saturated carbocycles. The van der Waals surface area contributed by atoms with Crippen molar-refractivity contribution < 1.29 is 9.18 Å². The van der Waals surface area contributed by atoms with Gasteiger partial charge in [-0.25, -0.2) is 14.4 Å². The van der Waals surface area contributed by atoms with Gasteiger partial charge in [-0.05, 0) is 30.5 Å². The van der Waals surface area contributed by atoms with Crippen LogP contribution in [0.3, 0.4) is 0 Å². The van der Waals surface area contributed by atoms with E-state index in [1.54, 1.807) is 12.1 Å². The van der Waals surface area contributed by atoms with Gasteiger partial charge < -0.3 is 4.90 Å². The fraction of sp³-hybridized carbons (Fsp3) is 0.389. The summed E-state index contributed by atoms with van der Waals surface area (Å²) in [6, 6.07) is 6.11. The molecule has 0 bridgehead atoms. The zero-order valence-electron chi connectivity index (χ0n) is 12.8. The number of benzene rings is 1. The number of aromatic nitrogens is 2. The number of amides is 1. The first-order chi connectivity index (χ1) is 11.2. The molecule has 5 heteroatoms. The van der Waals surface area contributed by atoms with Gasteiger partial charge in [0.15, 0.2) is 0 Å². The molecule has 2 aliphatic rings. The Labute approximate surface area is 134 Å². The van der Waals surface area contributed by atoms with Crippen LogP contribution in [0.1, 0.15) is 41.4 Å². The molecule has 0 N–H and O–H groups in total. The van der Waals surface area contributed by atoms with E-state index in [2.05, 4.69) is 9.97 Å². The summed E-state index contributed by atoms with van der Waals surface area (Å²) in [4.78, 5) is 23.4.